The number of nitrogens with zero attached hydrogens (tertiary/aromatic N) is 6. The number of aromatic nitrogens is 4. The van der Waals surface area contributed by atoms with Gasteiger partial charge in [0, 0.05) is 23.5 Å². The largest absolute Gasteiger partial charge is 0.268 e. The quantitative estimate of drug-likeness (QED) is 0.730. The highest BCUT2D eigenvalue weighted by molar-refractivity contribution is 5.84. The van der Waals surface area contributed by atoms with E-state index in [0.29, 0.717) is 17.9 Å². The molecule has 1 fully saturated rings. The third kappa shape index (κ3) is 2.66. The molecule has 124 valence electrons. The van der Waals surface area contributed by atoms with Gasteiger partial charge in [-0.25, -0.2) is 4.52 Å². The summed E-state index contributed by atoms with van der Waals surface area (Å²) in [5.41, 5.74) is 3.15. The maximum atomic E-state index is 9.48. The fraction of sp³-hybridized carbons (Fsp3) is 0.368. The molecule has 1 atom stereocenters. The molecule has 6 nitrogen and oxygen atoms in total. The van der Waals surface area contributed by atoms with Crippen molar-refractivity contribution >= 4 is 5.52 Å². The van der Waals surface area contributed by atoms with Crippen molar-refractivity contribution in [2.24, 2.45) is 5.92 Å². The average molecular weight is 330 g/mol. The summed E-state index contributed by atoms with van der Waals surface area (Å²) in [6.07, 6.45) is 12.5. The first-order valence-electron chi connectivity index (χ1n) is 8.59. The first kappa shape index (κ1) is 15.4. The summed E-state index contributed by atoms with van der Waals surface area (Å²) in [6.45, 7) is 0. The molecule has 1 saturated carbocycles. The van der Waals surface area contributed by atoms with Crippen LogP contribution in [-0.4, -0.2) is 19.4 Å². The van der Waals surface area contributed by atoms with Crippen molar-refractivity contribution in [2.75, 3.05) is 0 Å². The zero-order valence-corrected chi connectivity index (χ0v) is 13.8. The van der Waals surface area contributed by atoms with Crippen LogP contribution in [0.4, 0.5) is 0 Å². The van der Waals surface area contributed by atoms with Crippen LogP contribution in [0.15, 0.2) is 36.9 Å². The smallest absolute Gasteiger partial charge is 0.102 e. The third-order valence-electron chi connectivity index (χ3n) is 5.16. The number of fused-ring (bicyclic) bond motifs is 1. The molecule has 0 aliphatic heterocycles. The van der Waals surface area contributed by atoms with Gasteiger partial charge in [-0.3, -0.25) is 4.68 Å². The van der Waals surface area contributed by atoms with Gasteiger partial charge in [-0.05, 0) is 30.9 Å². The first-order chi connectivity index (χ1) is 12.3. The fourth-order valence-electron chi connectivity index (χ4n) is 3.94. The van der Waals surface area contributed by atoms with E-state index >= 15 is 0 Å². The number of nitriles is 2. The molecule has 0 aromatic carbocycles. The second-order valence-corrected chi connectivity index (χ2v) is 6.57. The lowest BCUT2D eigenvalue weighted by Gasteiger charge is -2.21. The molecule has 25 heavy (non-hydrogen) atoms. The van der Waals surface area contributed by atoms with Crippen LogP contribution in [0.3, 0.4) is 0 Å². The van der Waals surface area contributed by atoms with Gasteiger partial charge in [0.25, 0.3) is 0 Å². The molecule has 1 aliphatic carbocycles. The van der Waals surface area contributed by atoms with Gasteiger partial charge in [0.05, 0.1) is 42.0 Å². The summed E-state index contributed by atoms with van der Waals surface area (Å²) in [5.74, 6) is 0.508. The Morgan fingerprint density at radius 1 is 1.20 bits per heavy atom. The van der Waals surface area contributed by atoms with Gasteiger partial charge in [-0.1, -0.05) is 12.8 Å². The van der Waals surface area contributed by atoms with Crippen molar-refractivity contribution in [1.29, 1.82) is 10.5 Å². The van der Waals surface area contributed by atoms with Crippen molar-refractivity contribution in [2.45, 2.75) is 38.1 Å². The predicted octanol–water partition coefficient (Wildman–Crippen LogP) is 3.71. The minimum atomic E-state index is 0.108. The van der Waals surface area contributed by atoms with Crippen LogP contribution < -0.4 is 0 Å². The second-order valence-electron chi connectivity index (χ2n) is 6.57. The van der Waals surface area contributed by atoms with E-state index in [1.807, 2.05) is 29.2 Å². The van der Waals surface area contributed by atoms with E-state index in [2.05, 4.69) is 22.3 Å². The van der Waals surface area contributed by atoms with Gasteiger partial charge in [0.1, 0.15) is 6.07 Å². The predicted molar refractivity (Wildman–Crippen MR) is 92.4 cm³/mol. The highest BCUT2D eigenvalue weighted by Crippen LogP contribution is 2.37. The molecule has 6 heteroatoms. The van der Waals surface area contributed by atoms with Crippen molar-refractivity contribution in [3.8, 4) is 23.3 Å². The minimum Gasteiger partial charge on any atom is -0.268 e. The highest BCUT2D eigenvalue weighted by atomic mass is 15.3. The Morgan fingerprint density at radius 2 is 2.04 bits per heavy atom. The molecule has 0 spiro atoms. The summed E-state index contributed by atoms with van der Waals surface area (Å²) >= 11 is 0. The molecule has 0 radical (unpaired) electrons. The monoisotopic (exact) mass is 330 g/mol. The van der Waals surface area contributed by atoms with Crippen molar-refractivity contribution in [1.82, 2.24) is 19.4 Å². The molecule has 0 bridgehead atoms. The molecule has 3 heterocycles. The summed E-state index contributed by atoms with van der Waals surface area (Å²) < 4.78 is 3.69. The number of hydrogen-bond acceptors (Lipinski definition) is 4. The zero-order valence-electron chi connectivity index (χ0n) is 13.8. The van der Waals surface area contributed by atoms with E-state index in [9.17, 15) is 10.5 Å². The molecule has 1 aliphatic rings. The second kappa shape index (κ2) is 6.41. The van der Waals surface area contributed by atoms with E-state index in [1.165, 1.54) is 12.8 Å². The number of hydrogen-bond donors (Lipinski definition) is 0. The molecular weight excluding hydrogens is 312 g/mol. The van der Waals surface area contributed by atoms with E-state index < -0.39 is 0 Å². The fourth-order valence-corrected chi connectivity index (χ4v) is 3.94. The van der Waals surface area contributed by atoms with Crippen LogP contribution in [0.1, 0.15) is 43.7 Å². The lowest BCUT2D eigenvalue weighted by Crippen LogP contribution is -2.17. The third-order valence-corrected chi connectivity index (χ3v) is 5.16. The summed E-state index contributed by atoms with van der Waals surface area (Å²) in [4.78, 5) is 0. The molecule has 1 unspecified atom stereocenters. The van der Waals surface area contributed by atoms with Crippen molar-refractivity contribution in [3.05, 3.63) is 42.5 Å². The minimum absolute atomic E-state index is 0.108. The molecule has 3 aromatic heterocycles. The molecule has 3 aromatic rings. The molecular formula is C19H18N6. The first-order valence-corrected chi connectivity index (χ1v) is 8.59. The Hall–Kier alpha value is -3.12. The van der Waals surface area contributed by atoms with Crippen LogP contribution in [0.2, 0.25) is 0 Å². The van der Waals surface area contributed by atoms with Gasteiger partial charge >= 0.3 is 0 Å². The summed E-state index contributed by atoms with van der Waals surface area (Å²) in [7, 11) is 0. The van der Waals surface area contributed by atoms with Gasteiger partial charge in [-0.2, -0.15) is 20.7 Å². The van der Waals surface area contributed by atoms with E-state index in [4.69, 9.17) is 0 Å². The van der Waals surface area contributed by atoms with Crippen LogP contribution in [0.25, 0.3) is 16.6 Å². The normalized spacial score (nSPS) is 15.9. The Morgan fingerprint density at radius 3 is 2.80 bits per heavy atom. The maximum absolute atomic E-state index is 9.48. The summed E-state index contributed by atoms with van der Waals surface area (Å²) in [6, 6.07) is 8.51. The van der Waals surface area contributed by atoms with Crippen LogP contribution in [0.5, 0.6) is 0 Å². The molecule has 0 N–H and O–H groups in total. The highest BCUT2D eigenvalue weighted by Gasteiger charge is 2.27. The van der Waals surface area contributed by atoms with Crippen LogP contribution >= 0.6 is 0 Å². The van der Waals surface area contributed by atoms with Gasteiger partial charge in [0.15, 0.2) is 0 Å². The lowest BCUT2D eigenvalue weighted by molar-refractivity contribution is 0.315. The Kier molecular flexibility index (Phi) is 3.95. The van der Waals surface area contributed by atoms with E-state index in [1.54, 1.807) is 16.9 Å². The lowest BCUT2D eigenvalue weighted by atomic mass is 9.96. The molecule has 4 rings (SSSR count). The summed E-state index contributed by atoms with van der Waals surface area (Å²) in [5, 5.41) is 27.5. The molecule has 0 saturated heterocycles. The van der Waals surface area contributed by atoms with Crippen molar-refractivity contribution in [3.63, 3.8) is 0 Å². The SMILES string of the molecule is N#CCC(C1CCCC1)n1cc(-c2c(C#N)cnn3cccc23)cn1. The zero-order chi connectivity index (χ0) is 17.2. The number of rotatable bonds is 4. The Balaban J connectivity index is 1.78. The standard InChI is InChI=1S/C19H18N6/c20-8-7-17(14-4-1-2-5-14)25-13-16(12-23-25)19-15(10-21)11-22-24-9-3-6-18(19)24/h3,6,9,11-14,17H,1-2,4-5,7H2. The van der Waals surface area contributed by atoms with Crippen LogP contribution in [0, 0.1) is 28.6 Å². The van der Waals surface area contributed by atoms with Crippen LogP contribution in [-0.2, 0) is 0 Å². The Labute approximate surface area is 145 Å². The topological polar surface area (TPSA) is 82.7 Å². The molecule has 0 amide bonds. The van der Waals surface area contributed by atoms with Gasteiger partial charge in [0.2, 0.25) is 0 Å². The Bertz CT molecular complexity index is 977. The van der Waals surface area contributed by atoms with E-state index in [-0.39, 0.29) is 6.04 Å². The average Bonchev–Trinajstić information content (AvgIpc) is 3.39. The van der Waals surface area contributed by atoms with Crippen molar-refractivity contribution < 1.29 is 0 Å². The van der Waals surface area contributed by atoms with E-state index in [0.717, 1.165) is 29.5 Å². The van der Waals surface area contributed by atoms with Gasteiger partial charge < -0.3 is 0 Å². The van der Waals surface area contributed by atoms with Gasteiger partial charge in [-0.15, -0.1) is 0 Å². The maximum Gasteiger partial charge on any atom is 0.102 e.